The van der Waals surface area contributed by atoms with Crippen LogP contribution in [0.5, 0.6) is 0 Å². The first-order chi connectivity index (χ1) is 14.7. The van der Waals surface area contributed by atoms with Crippen molar-refractivity contribution < 1.29 is 23.8 Å². The second kappa shape index (κ2) is 10.1. The number of hydrogen-bond donors (Lipinski definition) is 2. The quantitative estimate of drug-likeness (QED) is 0.651. The van der Waals surface area contributed by atoms with Gasteiger partial charge in [0.05, 0.1) is 12.7 Å². The standard InChI is InChI=1S/C24H32N2O5/c1-14(2)21(24(28)29)26-22(27)18-6-5-7-19(12-18)30-13-20-16(4)31-23(25-20)17-10-8-15(3)9-11-17/h8-11,14,18-19,21H,5-7,12-13H2,1-4H3,(H,26,27)(H,28,29)/t18-,19+,21-/m0/s1. The number of carbonyl (C=O) groups excluding carboxylic acids is 1. The Morgan fingerprint density at radius 2 is 1.94 bits per heavy atom. The molecule has 0 bridgehead atoms. The molecule has 7 heteroatoms. The minimum atomic E-state index is -1.00. The van der Waals surface area contributed by atoms with Crippen molar-refractivity contribution in [2.24, 2.45) is 11.8 Å². The number of benzene rings is 1. The van der Waals surface area contributed by atoms with E-state index in [4.69, 9.17) is 9.15 Å². The molecule has 1 aliphatic carbocycles. The number of aromatic nitrogens is 1. The number of rotatable bonds is 8. The summed E-state index contributed by atoms with van der Waals surface area (Å²) in [6, 6.07) is 7.14. The SMILES string of the molecule is Cc1ccc(-c2nc(CO[C@@H]3CCC[C@H](C(=O)N[C@H](C(=O)O)C(C)C)C3)c(C)o2)cc1. The van der Waals surface area contributed by atoms with E-state index in [1.54, 1.807) is 13.8 Å². The molecule has 0 aliphatic heterocycles. The van der Waals surface area contributed by atoms with Gasteiger partial charge in [-0.2, -0.15) is 0 Å². The van der Waals surface area contributed by atoms with Crippen LogP contribution < -0.4 is 5.32 Å². The number of hydrogen-bond acceptors (Lipinski definition) is 5. The fraction of sp³-hybridized carbons (Fsp3) is 0.542. The average Bonchev–Trinajstić information content (AvgIpc) is 3.11. The molecule has 3 rings (SSSR count). The first-order valence-corrected chi connectivity index (χ1v) is 10.9. The molecule has 1 heterocycles. The van der Waals surface area contributed by atoms with Gasteiger partial charge in [-0.05, 0) is 51.2 Å². The maximum atomic E-state index is 12.6. The predicted molar refractivity (Wildman–Crippen MR) is 116 cm³/mol. The Kier molecular flexibility index (Phi) is 7.49. The predicted octanol–water partition coefficient (Wildman–Crippen LogP) is 4.26. The van der Waals surface area contributed by atoms with Crippen molar-refractivity contribution in [2.75, 3.05) is 0 Å². The lowest BCUT2D eigenvalue weighted by molar-refractivity contribution is -0.144. The molecule has 3 atom stereocenters. The summed E-state index contributed by atoms with van der Waals surface area (Å²) < 4.78 is 11.9. The summed E-state index contributed by atoms with van der Waals surface area (Å²) in [6.07, 6.45) is 3.01. The highest BCUT2D eigenvalue weighted by molar-refractivity contribution is 5.85. The van der Waals surface area contributed by atoms with Crippen LogP contribution in [0.15, 0.2) is 28.7 Å². The number of aryl methyl sites for hydroxylation is 2. The van der Waals surface area contributed by atoms with E-state index >= 15 is 0 Å². The zero-order valence-corrected chi connectivity index (χ0v) is 18.7. The number of carbonyl (C=O) groups is 2. The summed E-state index contributed by atoms with van der Waals surface area (Å²) in [6.45, 7) is 7.81. The normalized spacial score (nSPS) is 19.9. The monoisotopic (exact) mass is 428 g/mol. The van der Waals surface area contributed by atoms with Gasteiger partial charge in [-0.3, -0.25) is 4.79 Å². The zero-order valence-electron chi connectivity index (χ0n) is 18.7. The molecule has 7 nitrogen and oxygen atoms in total. The molecule has 0 radical (unpaired) electrons. The van der Waals surface area contributed by atoms with Crippen LogP contribution in [0.1, 0.15) is 56.5 Å². The molecule has 1 fully saturated rings. The zero-order chi connectivity index (χ0) is 22.5. The first kappa shape index (κ1) is 23.0. The fourth-order valence-corrected chi connectivity index (χ4v) is 3.90. The molecule has 1 saturated carbocycles. The van der Waals surface area contributed by atoms with Crippen molar-refractivity contribution in [3.05, 3.63) is 41.3 Å². The minimum Gasteiger partial charge on any atom is -0.480 e. The van der Waals surface area contributed by atoms with Crippen LogP contribution >= 0.6 is 0 Å². The second-order valence-corrected chi connectivity index (χ2v) is 8.75. The molecule has 1 aromatic carbocycles. The lowest BCUT2D eigenvalue weighted by Gasteiger charge is -2.29. The van der Waals surface area contributed by atoms with Gasteiger partial charge < -0.3 is 19.6 Å². The molecule has 1 aromatic heterocycles. The third-order valence-corrected chi connectivity index (χ3v) is 5.87. The van der Waals surface area contributed by atoms with Crippen LogP contribution in [0.3, 0.4) is 0 Å². The number of carboxylic acids is 1. The van der Waals surface area contributed by atoms with Crippen LogP contribution in [-0.4, -0.2) is 34.1 Å². The largest absolute Gasteiger partial charge is 0.480 e. The highest BCUT2D eigenvalue weighted by Crippen LogP contribution is 2.29. The smallest absolute Gasteiger partial charge is 0.326 e. The molecule has 1 aliphatic rings. The van der Waals surface area contributed by atoms with E-state index in [1.807, 2.05) is 38.1 Å². The summed E-state index contributed by atoms with van der Waals surface area (Å²) >= 11 is 0. The Bertz CT molecular complexity index is 903. The van der Waals surface area contributed by atoms with E-state index in [2.05, 4.69) is 10.3 Å². The van der Waals surface area contributed by atoms with Crippen LogP contribution in [0.2, 0.25) is 0 Å². The number of nitrogens with one attached hydrogen (secondary N) is 1. The summed E-state index contributed by atoms with van der Waals surface area (Å²) in [5.41, 5.74) is 2.86. The number of amides is 1. The van der Waals surface area contributed by atoms with Crippen molar-refractivity contribution in [3.8, 4) is 11.5 Å². The molecule has 0 spiro atoms. The van der Waals surface area contributed by atoms with Gasteiger partial charge in [-0.1, -0.05) is 38.0 Å². The summed E-state index contributed by atoms with van der Waals surface area (Å²) in [7, 11) is 0. The summed E-state index contributed by atoms with van der Waals surface area (Å²) in [5.74, 6) is -0.311. The number of ether oxygens (including phenoxy) is 1. The van der Waals surface area contributed by atoms with Crippen LogP contribution in [-0.2, 0) is 20.9 Å². The van der Waals surface area contributed by atoms with Gasteiger partial charge >= 0.3 is 5.97 Å². The van der Waals surface area contributed by atoms with E-state index in [0.717, 1.165) is 36.3 Å². The first-order valence-electron chi connectivity index (χ1n) is 10.9. The second-order valence-electron chi connectivity index (χ2n) is 8.75. The van der Waals surface area contributed by atoms with Crippen LogP contribution in [0.25, 0.3) is 11.5 Å². The Morgan fingerprint density at radius 3 is 2.58 bits per heavy atom. The molecule has 0 saturated heterocycles. The Balaban J connectivity index is 1.57. The van der Waals surface area contributed by atoms with E-state index in [-0.39, 0.29) is 23.8 Å². The molecule has 2 N–H and O–H groups in total. The molecule has 0 unspecified atom stereocenters. The van der Waals surface area contributed by atoms with Crippen LogP contribution in [0, 0.1) is 25.7 Å². The number of oxazole rings is 1. The van der Waals surface area contributed by atoms with Crippen molar-refractivity contribution in [1.29, 1.82) is 0 Å². The van der Waals surface area contributed by atoms with E-state index in [9.17, 15) is 14.7 Å². The van der Waals surface area contributed by atoms with E-state index in [1.165, 1.54) is 5.56 Å². The Hall–Kier alpha value is -2.67. The molecule has 1 amide bonds. The van der Waals surface area contributed by atoms with Gasteiger partial charge in [0, 0.05) is 11.5 Å². The van der Waals surface area contributed by atoms with Crippen LogP contribution in [0.4, 0.5) is 0 Å². The summed E-state index contributed by atoms with van der Waals surface area (Å²) in [4.78, 5) is 28.6. The fourth-order valence-electron chi connectivity index (χ4n) is 3.90. The average molecular weight is 429 g/mol. The molecular formula is C24H32N2O5. The van der Waals surface area contributed by atoms with Gasteiger partial charge in [0.25, 0.3) is 0 Å². The Labute approximate surface area is 183 Å². The van der Waals surface area contributed by atoms with Gasteiger partial charge in [0.1, 0.15) is 17.5 Å². The molecule has 2 aromatic rings. The maximum absolute atomic E-state index is 12.6. The molecule has 31 heavy (non-hydrogen) atoms. The third kappa shape index (κ3) is 5.94. The third-order valence-electron chi connectivity index (χ3n) is 5.87. The number of nitrogens with zero attached hydrogens (tertiary/aromatic N) is 1. The topological polar surface area (TPSA) is 102 Å². The maximum Gasteiger partial charge on any atom is 0.326 e. The Morgan fingerprint density at radius 1 is 1.23 bits per heavy atom. The van der Waals surface area contributed by atoms with Gasteiger partial charge in [0.15, 0.2) is 0 Å². The summed E-state index contributed by atoms with van der Waals surface area (Å²) in [5, 5.41) is 12.0. The highest BCUT2D eigenvalue weighted by atomic mass is 16.5. The number of carboxylic acid groups (broad SMARTS) is 1. The van der Waals surface area contributed by atoms with Crippen molar-refractivity contribution in [2.45, 2.75) is 72.1 Å². The minimum absolute atomic E-state index is 0.0641. The van der Waals surface area contributed by atoms with Gasteiger partial charge in [-0.15, -0.1) is 0 Å². The lowest BCUT2D eigenvalue weighted by atomic mass is 9.86. The van der Waals surface area contributed by atoms with Gasteiger partial charge in [0.2, 0.25) is 11.8 Å². The van der Waals surface area contributed by atoms with E-state index < -0.39 is 12.0 Å². The van der Waals surface area contributed by atoms with Crippen molar-refractivity contribution in [1.82, 2.24) is 10.3 Å². The lowest BCUT2D eigenvalue weighted by Crippen LogP contribution is -2.47. The van der Waals surface area contributed by atoms with Crippen molar-refractivity contribution in [3.63, 3.8) is 0 Å². The molecule has 168 valence electrons. The van der Waals surface area contributed by atoms with Crippen molar-refractivity contribution >= 4 is 11.9 Å². The van der Waals surface area contributed by atoms with E-state index in [0.29, 0.717) is 18.9 Å². The molecular weight excluding hydrogens is 396 g/mol. The number of aliphatic carboxylic acids is 1. The highest BCUT2D eigenvalue weighted by Gasteiger charge is 2.31. The van der Waals surface area contributed by atoms with Gasteiger partial charge in [-0.25, -0.2) is 9.78 Å².